The van der Waals surface area contributed by atoms with Crippen molar-refractivity contribution < 1.29 is 9.47 Å². The van der Waals surface area contributed by atoms with Crippen molar-refractivity contribution >= 4 is 12.2 Å². The summed E-state index contributed by atoms with van der Waals surface area (Å²) >= 11 is 5.36. The fourth-order valence-electron chi connectivity index (χ4n) is 2.00. The minimum atomic E-state index is 0.592. The Morgan fingerprint density at radius 2 is 1.90 bits per heavy atom. The first kappa shape index (κ1) is 15.8. The molecule has 0 radical (unpaired) electrons. The molecule has 0 atom stereocenters. The molecule has 0 aliphatic heterocycles. The van der Waals surface area contributed by atoms with Crippen LogP contribution in [-0.2, 0) is 15.9 Å². The molecule has 1 heterocycles. The van der Waals surface area contributed by atoms with Crippen LogP contribution in [0.25, 0.3) is 11.3 Å². The maximum absolute atomic E-state index is 5.47. The van der Waals surface area contributed by atoms with Gasteiger partial charge in [0.2, 0.25) is 0 Å². The Hall–Kier alpha value is -1.56. The van der Waals surface area contributed by atoms with Crippen LogP contribution < -0.4 is 0 Å². The van der Waals surface area contributed by atoms with Gasteiger partial charge < -0.3 is 14.5 Å². The lowest BCUT2D eigenvalue weighted by atomic mass is 10.1. The Morgan fingerprint density at radius 3 is 2.62 bits per heavy atom. The summed E-state index contributed by atoms with van der Waals surface area (Å²) in [5.74, 6) is 0.849. The van der Waals surface area contributed by atoms with Crippen molar-refractivity contribution in [3.05, 3.63) is 46.4 Å². The van der Waals surface area contributed by atoms with Gasteiger partial charge >= 0.3 is 0 Å². The van der Waals surface area contributed by atoms with E-state index in [4.69, 9.17) is 21.7 Å². The highest BCUT2D eigenvalue weighted by atomic mass is 32.1. The molecule has 1 aromatic carbocycles. The number of benzene rings is 1. The van der Waals surface area contributed by atoms with E-state index < -0.39 is 0 Å². The van der Waals surface area contributed by atoms with E-state index >= 15 is 0 Å². The zero-order chi connectivity index (χ0) is 15.1. The number of hydrogen-bond acceptors (Lipinski definition) is 4. The van der Waals surface area contributed by atoms with Crippen LogP contribution in [0.1, 0.15) is 11.4 Å². The molecule has 0 saturated carbocycles. The minimum absolute atomic E-state index is 0.592. The molecule has 2 aromatic rings. The molecule has 112 valence electrons. The number of aromatic amines is 1. The zero-order valence-electron chi connectivity index (χ0n) is 12.4. The van der Waals surface area contributed by atoms with Gasteiger partial charge in [-0.25, -0.2) is 4.98 Å². The first-order valence-corrected chi connectivity index (χ1v) is 7.35. The fourth-order valence-corrected chi connectivity index (χ4v) is 2.22. The minimum Gasteiger partial charge on any atom is -0.382 e. The molecule has 0 amide bonds. The third-order valence-corrected chi connectivity index (χ3v) is 3.58. The van der Waals surface area contributed by atoms with E-state index in [-0.39, 0.29) is 0 Å². The second kappa shape index (κ2) is 8.02. The number of methoxy groups -OCH3 is 1. The van der Waals surface area contributed by atoms with E-state index in [0.29, 0.717) is 30.9 Å². The summed E-state index contributed by atoms with van der Waals surface area (Å²) in [4.78, 5) is 7.80. The van der Waals surface area contributed by atoms with Crippen LogP contribution in [0.3, 0.4) is 0 Å². The SMILES string of the molecule is COCCOCCc1nc(=S)c(C)c(-c2ccccc2)[nH]1. The summed E-state index contributed by atoms with van der Waals surface area (Å²) in [5.41, 5.74) is 3.15. The standard InChI is InChI=1S/C16H20N2O2S/c1-12-15(13-6-4-3-5-7-13)17-14(18-16(12)21)8-9-20-11-10-19-2/h3-7H,8-11H2,1-2H3,(H,17,18,21). The average Bonchev–Trinajstić information content (AvgIpc) is 2.51. The average molecular weight is 304 g/mol. The zero-order valence-corrected chi connectivity index (χ0v) is 13.2. The lowest BCUT2D eigenvalue weighted by Crippen LogP contribution is -2.08. The largest absolute Gasteiger partial charge is 0.382 e. The fraction of sp³-hybridized carbons (Fsp3) is 0.375. The number of hydrogen-bond donors (Lipinski definition) is 1. The molecule has 0 saturated heterocycles. The molecule has 0 aliphatic rings. The third-order valence-electron chi connectivity index (χ3n) is 3.18. The van der Waals surface area contributed by atoms with Gasteiger partial charge in [-0.1, -0.05) is 42.5 Å². The second-order valence-corrected chi connectivity index (χ2v) is 5.10. The molecule has 0 aliphatic carbocycles. The van der Waals surface area contributed by atoms with Gasteiger partial charge in [0.1, 0.15) is 10.5 Å². The highest BCUT2D eigenvalue weighted by Crippen LogP contribution is 2.21. The molecule has 2 rings (SSSR count). The van der Waals surface area contributed by atoms with E-state index in [1.807, 2.05) is 25.1 Å². The number of nitrogens with one attached hydrogen (secondary N) is 1. The van der Waals surface area contributed by atoms with Gasteiger partial charge in [0.15, 0.2) is 0 Å². The molecule has 0 unspecified atom stereocenters. The lowest BCUT2D eigenvalue weighted by Gasteiger charge is -2.10. The Labute approximate surface area is 130 Å². The van der Waals surface area contributed by atoms with Gasteiger partial charge in [0.25, 0.3) is 0 Å². The Kier molecular flexibility index (Phi) is 6.04. The van der Waals surface area contributed by atoms with E-state index in [2.05, 4.69) is 22.1 Å². The Morgan fingerprint density at radius 1 is 1.14 bits per heavy atom. The summed E-state index contributed by atoms with van der Waals surface area (Å²) in [6.07, 6.45) is 0.702. The van der Waals surface area contributed by atoms with E-state index in [1.54, 1.807) is 7.11 Å². The van der Waals surface area contributed by atoms with Crippen LogP contribution in [0, 0.1) is 11.6 Å². The maximum Gasteiger partial charge on any atom is 0.133 e. The highest BCUT2D eigenvalue weighted by Gasteiger charge is 2.07. The topological polar surface area (TPSA) is 47.1 Å². The molecule has 0 spiro atoms. The van der Waals surface area contributed by atoms with Crippen molar-refractivity contribution in [3.8, 4) is 11.3 Å². The van der Waals surface area contributed by atoms with Crippen molar-refractivity contribution in [2.24, 2.45) is 0 Å². The lowest BCUT2D eigenvalue weighted by molar-refractivity contribution is 0.0716. The van der Waals surface area contributed by atoms with Crippen molar-refractivity contribution in [1.82, 2.24) is 9.97 Å². The summed E-state index contributed by atoms with van der Waals surface area (Å²) < 4.78 is 11.1. The van der Waals surface area contributed by atoms with Crippen molar-refractivity contribution in [2.75, 3.05) is 26.9 Å². The summed E-state index contributed by atoms with van der Waals surface area (Å²) in [6.45, 7) is 3.78. The van der Waals surface area contributed by atoms with Gasteiger partial charge in [0.05, 0.1) is 25.5 Å². The molecular weight excluding hydrogens is 284 g/mol. The van der Waals surface area contributed by atoms with Crippen LogP contribution in [-0.4, -0.2) is 36.9 Å². The number of aromatic nitrogens is 2. The normalized spacial score (nSPS) is 10.8. The van der Waals surface area contributed by atoms with Crippen LogP contribution in [0.2, 0.25) is 0 Å². The predicted octanol–water partition coefficient (Wildman–Crippen LogP) is 3.32. The molecule has 21 heavy (non-hydrogen) atoms. The highest BCUT2D eigenvalue weighted by molar-refractivity contribution is 7.71. The number of ether oxygens (including phenoxy) is 2. The molecule has 1 N–H and O–H groups in total. The number of H-pyrrole nitrogens is 1. The molecule has 0 fully saturated rings. The van der Waals surface area contributed by atoms with Crippen molar-refractivity contribution in [2.45, 2.75) is 13.3 Å². The molecule has 4 nitrogen and oxygen atoms in total. The Bertz CT molecular complexity index is 626. The molecule has 0 bridgehead atoms. The van der Waals surface area contributed by atoms with Gasteiger partial charge in [-0.3, -0.25) is 0 Å². The van der Waals surface area contributed by atoms with E-state index in [9.17, 15) is 0 Å². The third kappa shape index (κ3) is 4.46. The first-order valence-electron chi connectivity index (χ1n) is 6.94. The second-order valence-electron chi connectivity index (χ2n) is 4.71. The summed E-state index contributed by atoms with van der Waals surface area (Å²) in [5, 5.41) is 0. The van der Waals surface area contributed by atoms with Crippen LogP contribution in [0.15, 0.2) is 30.3 Å². The van der Waals surface area contributed by atoms with Crippen molar-refractivity contribution in [3.63, 3.8) is 0 Å². The van der Waals surface area contributed by atoms with Crippen LogP contribution in [0.4, 0.5) is 0 Å². The smallest absolute Gasteiger partial charge is 0.133 e. The summed E-state index contributed by atoms with van der Waals surface area (Å²) in [7, 11) is 1.66. The number of rotatable bonds is 7. The molecule has 1 aromatic heterocycles. The van der Waals surface area contributed by atoms with Gasteiger partial charge in [-0.15, -0.1) is 0 Å². The van der Waals surface area contributed by atoms with Gasteiger partial charge in [-0.2, -0.15) is 0 Å². The van der Waals surface area contributed by atoms with E-state index in [0.717, 1.165) is 22.6 Å². The number of nitrogens with zero attached hydrogens (tertiary/aromatic N) is 1. The summed E-state index contributed by atoms with van der Waals surface area (Å²) in [6, 6.07) is 10.2. The van der Waals surface area contributed by atoms with E-state index in [1.165, 1.54) is 0 Å². The van der Waals surface area contributed by atoms with Crippen LogP contribution in [0.5, 0.6) is 0 Å². The monoisotopic (exact) mass is 304 g/mol. The maximum atomic E-state index is 5.47. The molecule has 5 heteroatoms. The first-order chi connectivity index (χ1) is 10.2. The van der Waals surface area contributed by atoms with Crippen molar-refractivity contribution in [1.29, 1.82) is 0 Å². The molecular formula is C16H20N2O2S. The van der Waals surface area contributed by atoms with Crippen LogP contribution >= 0.6 is 12.2 Å². The quantitative estimate of drug-likeness (QED) is 0.629. The van der Waals surface area contributed by atoms with Gasteiger partial charge in [-0.05, 0) is 12.5 Å². The Balaban J connectivity index is 2.14. The van der Waals surface area contributed by atoms with Gasteiger partial charge in [0, 0.05) is 19.1 Å². The predicted molar refractivity (Wildman–Crippen MR) is 86.0 cm³/mol.